The van der Waals surface area contributed by atoms with E-state index in [0.29, 0.717) is 18.1 Å². The van der Waals surface area contributed by atoms with E-state index in [-0.39, 0.29) is 29.1 Å². The van der Waals surface area contributed by atoms with Gasteiger partial charge in [-0.1, -0.05) is 17.7 Å². The lowest BCUT2D eigenvalue weighted by Gasteiger charge is -2.23. The number of rotatable bonds is 4. The fourth-order valence-corrected chi connectivity index (χ4v) is 4.50. The lowest BCUT2D eigenvalue weighted by Crippen LogP contribution is -2.34. The van der Waals surface area contributed by atoms with Crippen LogP contribution in [-0.2, 0) is 9.84 Å². The Kier molecular flexibility index (Phi) is 4.71. The van der Waals surface area contributed by atoms with Crippen LogP contribution in [0.5, 0.6) is 0 Å². The zero-order valence-electron chi connectivity index (χ0n) is 14.1. The Morgan fingerprint density at radius 2 is 1.96 bits per heavy atom. The standard InChI is InChI=1S/C17H20N4O3S/c1-12-3-5-13(6-4-12)19-16(22)15-7-9-18-17(20-15)21(2)14-8-10-25(23,24)11-14/h3-7,9,14H,8,10-11H2,1-2H3,(H,19,22). The van der Waals surface area contributed by atoms with Crippen molar-refractivity contribution in [1.82, 2.24) is 9.97 Å². The van der Waals surface area contributed by atoms with Gasteiger partial charge in [0.1, 0.15) is 5.69 Å². The number of carbonyl (C=O) groups is 1. The van der Waals surface area contributed by atoms with Gasteiger partial charge in [0.2, 0.25) is 5.95 Å². The number of hydrogen-bond donors (Lipinski definition) is 1. The van der Waals surface area contributed by atoms with Gasteiger partial charge in [-0.25, -0.2) is 18.4 Å². The Balaban J connectivity index is 1.74. The second-order valence-corrected chi connectivity index (χ2v) is 8.46. The lowest BCUT2D eigenvalue weighted by atomic mass is 10.2. The predicted octanol–water partition coefficient (Wildman–Crippen LogP) is 1.66. The van der Waals surface area contributed by atoms with Gasteiger partial charge in [-0.05, 0) is 31.5 Å². The topological polar surface area (TPSA) is 92.3 Å². The summed E-state index contributed by atoms with van der Waals surface area (Å²) in [5, 5.41) is 2.79. The number of benzene rings is 1. The molecule has 1 atom stereocenters. The SMILES string of the molecule is Cc1ccc(NC(=O)c2ccnc(N(C)C3CCS(=O)(=O)C3)n2)cc1. The van der Waals surface area contributed by atoms with Crippen LogP contribution in [0.4, 0.5) is 11.6 Å². The van der Waals surface area contributed by atoms with Crippen molar-refractivity contribution < 1.29 is 13.2 Å². The van der Waals surface area contributed by atoms with Gasteiger partial charge in [-0.2, -0.15) is 0 Å². The van der Waals surface area contributed by atoms with Crippen molar-refractivity contribution >= 4 is 27.4 Å². The van der Waals surface area contributed by atoms with Gasteiger partial charge in [-0.15, -0.1) is 0 Å². The van der Waals surface area contributed by atoms with Crippen molar-refractivity contribution in [2.75, 3.05) is 28.8 Å². The normalized spacial score (nSPS) is 18.7. The molecule has 3 rings (SSSR count). The highest BCUT2D eigenvalue weighted by molar-refractivity contribution is 7.91. The molecule has 0 spiro atoms. The van der Waals surface area contributed by atoms with E-state index >= 15 is 0 Å². The molecular formula is C17H20N4O3S. The Morgan fingerprint density at radius 1 is 1.24 bits per heavy atom. The minimum Gasteiger partial charge on any atom is -0.340 e. The first-order chi connectivity index (χ1) is 11.8. The maximum Gasteiger partial charge on any atom is 0.274 e. The second-order valence-electron chi connectivity index (χ2n) is 6.23. The molecule has 1 aliphatic heterocycles. The summed E-state index contributed by atoms with van der Waals surface area (Å²) in [7, 11) is -1.24. The van der Waals surface area contributed by atoms with Gasteiger partial charge in [0.05, 0.1) is 11.5 Å². The largest absolute Gasteiger partial charge is 0.340 e. The maximum absolute atomic E-state index is 12.4. The third-order valence-electron chi connectivity index (χ3n) is 4.26. The third-order valence-corrected chi connectivity index (χ3v) is 6.01. The molecule has 2 heterocycles. The number of sulfone groups is 1. The van der Waals surface area contributed by atoms with Crippen molar-refractivity contribution in [3.63, 3.8) is 0 Å². The average molecular weight is 360 g/mol. The highest BCUT2D eigenvalue weighted by atomic mass is 32.2. The molecule has 1 unspecified atom stereocenters. The van der Waals surface area contributed by atoms with Crippen LogP contribution >= 0.6 is 0 Å². The van der Waals surface area contributed by atoms with Crippen molar-refractivity contribution in [3.8, 4) is 0 Å². The first-order valence-corrected chi connectivity index (χ1v) is 9.80. The fraction of sp³-hybridized carbons (Fsp3) is 0.353. The Bertz CT molecular complexity index is 881. The molecule has 8 heteroatoms. The molecule has 7 nitrogen and oxygen atoms in total. The molecule has 1 aromatic carbocycles. The molecule has 1 amide bonds. The number of hydrogen-bond acceptors (Lipinski definition) is 6. The first kappa shape index (κ1) is 17.3. The van der Waals surface area contributed by atoms with Crippen LogP contribution in [0.2, 0.25) is 0 Å². The fourth-order valence-electron chi connectivity index (χ4n) is 2.72. The monoisotopic (exact) mass is 360 g/mol. The number of carbonyl (C=O) groups excluding carboxylic acids is 1. The molecule has 1 aromatic heterocycles. The third kappa shape index (κ3) is 4.14. The summed E-state index contributed by atoms with van der Waals surface area (Å²) in [6.07, 6.45) is 2.05. The summed E-state index contributed by atoms with van der Waals surface area (Å²) in [6.45, 7) is 1.97. The van der Waals surface area contributed by atoms with Gasteiger partial charge in [-0.3, -0.25) is 4.79 Å². The minimum atomic E-state index is -3.00. The van der Waals surface area contributed by atoms with Gasteiger partial charge in [0.25, 0.3) is 5.91 Å². The first-order valence-electron chi connectivity index (χ1n) is 7.98. The van der Waals surface area contributed by atoms with Crippen LogP contribution in [0.3, 0.4) is 0 Å². The van der Waals surface area contributed by atoms with Gasteiger partial charge in [0, 0.05) is 25.0 Å². The summed E-state index contributed by atoms with van der Waals surface area (Å²) in [4.78, 5) is 22.6. The van der Waals surface area contributed by atoms with E-state index in [1.54, 1.807) is 11.9 Å². The van der Waals surface area contributed by atoms with Crippen LogP contribution in [0.15, 0.2) is 36.5 Å². The highest BCUT2D eigenvalue weighted by Gasteiger charge is 2.31. The number of nitrogens with one attached hydrogen (secondary N) is 1. The number of nitrogens with zero attached hydrogens (tertiary/aromatic N) is 3. The molecule has 1 aliphatic rings. The Morgan fingerprint density at radius 3 is 2.60 bits per heavy atom. The lowest BCUT2D eigenvalue weighted by molar-refractivity contribution is 0.102. The van der Waals surface area contributed by atoms with Crippen molar-refractivity contribution in [2.24, 2.45) is 0 Å². The number of aryl methyl sites for hydroxylation is 1. The van der Waals surface area contributed by atoms with Crippen LogP contribution < -0.4 is 10.2 Å². The molecule has 25 heavy (non-hydrogen) atoms. The van der Waals surface area contributed by atoms with E-state index < -0.39 is 9.84 Å². The average Bonchev–Trinajstić information content (AvgIpc) is 2.96. The maximum atomic E-state index is 12.4. The van der Waals surface area contributed by atoms with Gasteiger partial charge < -0.3 is 10.2 Å². The molecule has 0 aliphatic carbocycles. The second kappa shape index (κ2) is 6.79. The van der Waals surface area contributed by atoms with Crippen molar-refractivity contribution in [2.45, 2.75) is 19.4 Å². The van der Waals surface area contributed by atoms with E-state index in [4.69, 9.17) is 0 Å². The summed E-state index contributed by atoms with van der Waals surface area (Å²) < 4.78 is 23.3. The van der Waals surface area contributed by atoms with Gasteiger partial charge in [0.15, 0.2) is 9.84 Å². The summed E-state index contributed by atoms with van der Waals surface area (Å²) >= 11 is 0. The molecule has 0 radical (unpaired) electrons. The van der Waals surface area contributed by atoms with E-state index in [1.165, 1.54) is 12.3 Å². The number of aromatic nitrogens is 2. The van der Waals surface area contributed by atoms with E-state index in [0.717, 1.165) is 5.56 Å². The summed E-state index contributed by atoms with van der Waals surface area (Å²) in [5.41, 5.74) is 2.03. The number of amides is 1. The predicted molar refractivity (Wildman–Crippen MR) is 96.6 cm³/mol. The zero-order valence-corrected chi connectivity index (χ0v) is 15.0. The van der Waals surface area contributed by atoms with E-state index in [1.807, 2.05) is 31.2 Å². The van der Waals surface area contributed by atoms with Crippen molar-refractivity contribution in [3.05, 3.63) is 47.8 Å². The molecule has 1 N–H and O–H groups in total. The van der Waals surface area contributed by atoms with Crippen LogP contribution in [-0.4, -0.2) is 48.9 Å². The van der Waals surface area contributed by atoms with E-state index in [2.05, 4.69) is 15.3 Å². The molecule has 132 valence electrons. The summed E-state index contributed by atoms with van der Waals surface area (Å²) in [6, 6.07) is 8.84. The van der Waals surface area contributed by atoms with Crippen molar-refractivity contribution in [1.29, 1.82) is 0 Å². The Labute approximate surface area is 147 Å². The minimum absolute atomic E-state index is 0.0899. The number of anilines is 2. The van der Waals surface area contributed by atoms with Crippen LogP contribution in [0.1, 0.15) is 22.5 Å². The van der Waals surface area contributed by atoms with Gasteiger partial charge >= 0.3 is 0 Å². The summed E-state index contributed by atoms with van der Waals surface area (Å²) in [5.74, 6) is 0.279. The molecule has 0 saturated carbocycles. The molecule has 2 aromatic rings. The zero-order chi connectivity index (χ0) is 18.0. The van der Waals surface area contributed by atoms with E-state index in [9.17, 15) is 13.2 Å². The Hall–Kier alpha value is -2.48. The van der Waals surface area contributed by atoms with Crippen LogP contribution in [0, 0.1) is 6.92 Å². The molecule has 1 saturated heterocycles. The van der Waals surface area contributed by atoms with Crippen LogP contribution in [0.25, 0.3) is 0 Å². The molecule has 0 bridgehead atoms. The molecular weight excluding hydrogens is 340 g/mol. The molecule has 1 fully saturated rings. The highest BCUT2D eigenvalue weighted by Crippen LogP contribution is 2.20. The quantitative estimate of drug-likeness (QED) is 0.891. The smallest absolute Gasteiger partial charge is 0.274 e.